The largest absolute Gasteiger partial charge is 0.497 e. The highest BCUT2D eigenvalue weighted by Crippen LogP contribution is 2.38. The van der Waals surface area contributed by atoms with E-state index in [1.54, 1.807) is 30.2 Å². The first kappa shape index (κ1) is 23.7. The van der Waals surface area contributed by atoms with Crippen molar-refractivity contribution in [2.75, 3.05) is 25.3 Å². The predicted molar refractivity (Wildman–Crippen MR) is 135 cm³/mol. The number of nitrogens with one attached hydrogen (secondary N) is 1. The van der Waals surface area contributed by atoms with E-state index in [9.17, 15) is 9.59 Å². The first-order valence-corrected chi connectivity index (χ1v) is 12.0. The molecular formula is C27H28N2O4S. The van der Waals surface area contributed by atoms with E-state index in [0.717, 1.165) is 16.0 Å². The van der Waals surface area contributed by atoms with Gasteiger partial charge in [-0.05, 0) is 43.7 Å². The van der Waals surface area contributed by atoms with Crippen molar-refractivity contribution >= 4 is 29.3 Å². The van der Waals surface area contributed by atoms with Gasteiger partial charge in [-0.1, -0.05) is 42.0 Å². The number of amides is 2. The molecule has 7 heteroatoms. The van der Waals surface area contributed by atoms with Gasteiger partial charge in [-0.15, -0.1) is 11.8 Å². The molecule has 4 rings (SSSR count). The Morgan fingerprint density at radius 2 is 1.79 bits per heavy atom. The van der Waals surface area contributed by atoms with E-state index in [1.807, 2.05) is 62.4 Å². The van der Waals surface area contributed by atoms with E-state index in [1.165, 1.54) is 18.9 Å². The summed E-state index contributed by atoms with van der Waals surface area (Å²) in [5.74, 6) is 1.07. The molecule has 1 N–H and O–H groups in total. The van der Waals surface area contributed by atoms with Crippen LogP contribution in [0.5, 0.6) is 11.5 Å². The fraction of sp³-hybridized carbons (Fsp3) is 0.259. The smallest absolute Gasteiger partial charge is 0.256 e. The standard InChI is InChI=1S/C27H28N2O4S/c1-18-9-11-19(12-10-18)16-29-25(30)21-7-5-6-8-24(21)34-17-27(29,2)26(31)28-22-14-13-20(32-3)15-23(22)33-4/h5-15H,16-17H2,1-4H3,(H,28,31)/t27-/m0/s1. The van der Waals surface area contributed by atoms with Gasteiger partial charge in [-0.25, -0.2) is 0 Å². The van der Waals surface area contributed by atoms with Crippen LogP contribution in [0.1, 0.15) is 28.4 Å². The van der Waals surface area contributed by atoms with Crippen LogP contribution in [0.3, 0.4) is 0 Å². The average Bonchev–Trinajstić information content (AvgIpc) is 2.96. The topological polar surface area (TPSA) is 67.9 Å². The number of hydrogen-bond acceptors (Lipinski definition) is 5. The zero-order valence-corrected chi connectivity index (χ0v) is 20.6. The number of thioether (sulfide) groups is 1. The average molecular weight is 477 g/mol. The van der Waals surface area contributed by atoms with Crippen molar-refractivity contribution in [2.24, 2.45) is 0 Å². The van der Waals surface area contributed by atoms with Gasteiger partial charge in [0.25, 0.3) is 11.8 Å². The molecule has 0 aromatic heterocycles. The van der Waals surface area contributed by atoms with Crippen molar-refractivity contribution < 1.29 is 19.1 Å². The summed E-state index contributed by atoms with van der Waals surface area (Å²) < 4.78 is 10.7. The molecule has 6 nitrogen and oxygen atoms in total. The Morgan fingerprint density at radius 3 is 2.50 bits per heavy atom. The maximum Gasteiger partial charge on any atom is 0.256 e. The third-order valence-corrected chi connectivity index (χ3v) is 7.45. The highest BCUT2D eigenvalue weighted by molar-refractivity contribution is 7.99. The van der Waals surface area contributed by atoms with E-state index in [0.29, 0.717) is 35.0 Å². The lowest BCUT2D eigenvalue weighted by Gasteiger charge is -2.38. The van der Waals surface area contributed by atoms with Gasteiger partial charge in [0.05, 0.1) is 25.5 Å². The number of aryl methyl sites for hydroxylation is 1. The van der Waals surface area contributed by atoms with Gasteiger partial charge in [-0.2, -0.15) is 0 Å². The van der Waals surface area contributed by atoms with E-state index in [-0.39, 0.29) is 11.8 Å². The Kier molecular flexibility index (Phi) is 6.84. The molecule has 0 fully saturated rings. The number of anilines is 1. The third kappa shape index (κ3) is 4.61. The number of carbonyl (C=O) groups excluding carboxylic acids is 2. The summed E-state index contributed by atoms with van der Waals surface area (Å²) in [6.07, 6.45) is 0. The Labute approximate surface area is 204 Å². The molecule has 3 aromatic rings. The molecule has 1 heterocycles. The summed E-state index contributed by atoms with van der Waals surface area (Å²) in [4.78, 5) is 30.1. The number of fused-ring (bicyclic) bond motifs is 1. The van der Waals surface area contributed by atoms with Crippen molar-refractivity contribution in [3.8, 4) is 11.5 Å². The van der Waals surface area contributed by atoms with Crippen molar-refractivity contribution in [2.45, 2.75) is 30.8 Å². The van der Waals surface area contributed by atoms with Gasteiger partial charge >= 0.3 is 0 Å². The highest BCUT2D eigenvalue weighted by Gasteiger charge is 2.45. The quantitative estimate of drug-likeness (QED) is 0.532. The molecule has 0 bridgehead atoms. The minimum absolute atomic E-state index is 0.166. The molecule has 0 unspecified atom stereocenters. The summed E-state index contributed by atoms with van der Waals surface area (Å²) in [5, 5.41) is 3.00. The Hall–Kier alpha value is -3.45. The van der Waals surface area contributed by atoms with E-state index in [2.05, 4.69) is 5.32 Å². The van der Waals surface area contributed by atoms with Gasteiger partial charge in [-0.3, -0.25) is 9.59 Å². The molecule has 1 atom stereocenters. The molecule has 1 aliphatic heterocycles. The lowest BCUT2D eigenvalue weighted by atomic mass is 9.97. The molecule has 34 heavy (non-hydrogen) atoms. The first-order chi connectivity index (χ1) is 16.4. The summed E-state index contributed by atoms with van der Waals surface area (Å²) >= 11 is 1.52. The van der Waals surface area contributed by atoms with Crippen LogP contribution in [0, 0.1) is 6.92 Å². The minimum atomic E-state index is -1.11. The Balaban J connectivity index is 1.72. The second-order valence-electron chi connectivity index (χ2n) is 8.46. The van der Waals surface area contributed by atoms with Crippen LogP contribution in [-0.4, -0.2) is 42.2 Å². The molecule has 2 amide bonds. The van der Waals surface area contributed by atoms with E-state index in [4.69, 9.17) is 9.47 Å². The van der Waals surface area contributed by atoms with Gasteiger partial charge in [0.2, 0.25) is 0 Å². The molecule has 0 aliphatic carbocycles. The highest BCUT2D eigenvalue weighted by atomic mass is 32.2. The maximum atomic E-state index is 13.8. The molecule has 0 radical (unpaired) electrons. The molecule has 1 aliphatic rings. The van der Waals surface area contributed by atoms with Crippen LogP contribution in [-0.2, 0) is 11.3 Å². The summed E-state index contributed by atoms with van der Waals surface area (Å²) in [5.41, 5.74) is 2.11. The van der Waals surface area contributed by atoms with Gasteiger partial charge in [0.1, 0.15) is 17.0 Å². The van der Waals surface area contributed by atoms with Crippen LogP contribution < -0.4 is 14.8 Å². The number of benzene rings is 3. The van der Waals surface area contributed by atoms with Gasteiger partial charge in [0, 0.05) is 23.3 Å². The number of ether oxygens (including phenoxy) is 2. The predicted octanol–water partition coefficient (Wildman–Crippen LogP) is 5.16. The summed E-state index contributed by atoms with van der Waals surface area (Å²) in [6, 6.07) is 20.7. The van der Waals surface area contributed by atoms with Crippen LogP contribution in [0.25, 0.3) is 0 Å². The molecule has 176 valence electrons. The molecule has 0 saturated carbocycles. The fourth-order valence-electron chi connectivity index (χ4n) is 3.90. The molecule has 3 aromatic carbocycles. The Bertz CT molecular complexity index is 1210. The monoisotopic (exact) mass is 476 g/mol. The maximum absolute atomic E-state index is 13.8. The van der Waals surface area contributed by atoms with Crippen molar-refractivity contribution in [3.63, 3.8) is 0 Å². The molecule has 0 spiro atoms. The SMILES string of the molecule is COc1ccc(NC(=O)[C@]2(C)CSc3ccccc3C(=O)N2Cc2ccc(C)cc2)c(OC)c1. The summed E-state index contributed by atoms with van der Waals surface area (Å²) in [7, 11) is 3.11. The second-order valence-corrected chi connectivity index (χ2v) is 9.47. The normalized spacial score (nSPS) is 17.5. The third-order valence-electron chi connectivity index (χ3n) is 6.07. The number of carbonyl (C=O) groups is 2. The van der Waals surface area contributed by atoms with Crippen LogP contribution in [0.2, 0.25) is 0 Å². The number of rotatable bonds is 6. The van der Waals surface area contributed by atoms with Gasteiger partial charge in [0.15, 0.2) is 0 Å². The molecular weight excluding hydrogens is 448 g/mol. The zero-order valence-electron chi connectivity index (χ0n) is 19.8. The number of nitrogens with zero attached hydrogens (tertiary/aromatic N) is 1. The number of methoxy groups -OCH3 is 2. The summed E-state index contributed by atoms with van der Waals surface area (Å²) in [6.45, 7) is 4.16. The lowest BCUT2D eigenvalue weighted by molar-refractivity contribution is -0.125. The zero-order chi connectivity index (χ0) is 24.3. The fourth-order valence-corrected chi connectivity index (χ4v) is 5.11. The van der Waals surface area contributed by atoms with Crippen LogP contribution in [0.4, 0.5) is 5.69 Å². The number of hydrogen-bond donors (Lipinski definition) is 1. The van der Waals surface area contributed by atoms with Crippen molar-refractivity contribution in [1.29, 1.82) is 0 Å². The van der Waals surface area contributed by atoms with Crippen LogP contribution >= 0.6 is 11.8 Å². The van der Waals surface area contributed by atoms with Crippen molar-refractivity contribution in [3.05, 3.63) is 83.4 Å². The minimum Gasteiger partial charge on any atom is -0.497 e. The Morgan fingerprint density at radius 1 is 1.06 bits per heavy atom. The van der Waals surface area contributed by atoms with Crippen molar-refractivity contribution in [1.82, 2.24) is 4.90 Å². The van der Waals surface area contributed by atoms with Gasteiger partial charge < -0.3 is 19.7 Å². The van der Waals surface area contributed by atoms with Crippen LogP contribution in [0.15, 0.2) is 71.6 Å². The first-order valence-electron chi connectivity index (χ1n) is 11.0. The second kappa shape index (κ2) is 9.81. The van der Waals surface area contributed by atoms with E-state index < -0.39 is 5.54 Å². The molecule has 0 saturated heterocycles. The lowest BCUT2D eigenvalue weighted by Crippen LogP contribution is -2.57. The van der Waals surface area contributed by atoms with E-state index >= 15 is 0 Å².